The smallest absolute Gasteiger partial charge is 0.164 e. The summed E-state index contributed by atoms with van der Waals surface area (Å²) in [4.78, 5) is 14.6. The summed E-state index contributed by atoms with van der Waals surface area (Å²) in [7, 11) is 3.99. The van der Waals surface area contributed by atoms with Crippen LogP contribution in [0.1, 0.15) is 62.5 Å². The standard InChI is InChI=1S/C19H29NO2/c1-18(2,3)14-10-13(16(21)8-9-20(6)7)11-15-17(14)22-12-19(15,4)5/h10-11H,8-9,12H2,1-7H3. The van der Waals surface area contributed by atoms with E-state index >= 15 is 0 Å². The molecule has 0 aromatic heterocycles. The van der Waals surface area contributed by atoms with Crippen LogP contribution in [0.25, 0.3) is 0 Å². The number of carbonyl (C=O) groups is 1. The molecule has 0 spiro atoms. The lowest BCUT2D eigenvalue weighted by atomic mass is 9.79. The van der Waals surface area contributed by atoms with Crippen molar-refractivity contribution in [3.63, 3.8) is 0 Å². The number of ether oxygens (including phenoxy) is 1. The normalized spacial score (nSPS) is 16.5. The van der Waals surface area contributed by atoms with Crippen LogP contribution in [0.4, 0.5) is 0 Å². The second kappa shape index (κ2) is 5.69. The highest BCUT2D eigenvalue weighted by Crippen LogP contribution is 2.45. The average Bonchev–Trinajstić information content (AvgIpc) is 2.70. The minimum absolute atomic E-state index is 0.0346. The summed E-state index contributed by atoms with van der Waals surface area (Å²) in [5.74, 6) is 1.20. The van der Waals surface area contributed by atoms with Crippen molar-refractivity contribution < 1.29 is 9.53 Å². The number of hydrogen-bond acceptors (Lipinski definition) is 3. The topological polar surface area (TPSA) is 29.5 Å². The number of carbonyl (C=O) groups excluding carboxylic acids is 1. The van der Waals surface area contributed by atoms with Gasteiger partial charge in [0.15, 0.2) is 5.78 Å². The van der Waals surface area contributed by atoms with Gasteiger partial charge in [-0.3, -0.25) is 4.79 Å². The first-order valence-corrected chi connectivity index (χ1v) is 8.02. The summed E-state index contributed by atoms with van der Waals surface area (Å²) in [6.07, 6.45) is 0.552. The third kappa shape index (κ3) is 3.35. The molecule has 1 heterocycles. The summed E-state index contributed by atoms with van der Waals surface area (Å²) in [6.45, 7) is 12.3. The number of ketones is 1. The summed E-state index contributed by atoms with van der Waals surface area (Å²) < 4.78 is 5.98. The van der Waals surface area contributed by atoms with Crippen molar-refractivity contribution in [2.24, 2.45) is 0 Å². The molecule has 1 aromatic carbocycles. The number of hydrogen-bond donors (Lipinski definition) is 0. The molecule has 3 nitrogen and oxygen atoms in total. The fraction of sp³-hybridized carbons (Fsp3) is 0.632. The van der Waals surface area contributed by atoms with E-state index in [2.05, 4.69) is 40.7 Å². The molecule has 0 radical (unpaired) electrons. The van der Waals surface area contributed by atoms with Gasteiger partial charge in [-0.1, -0.05) is 34.6 Å². The molecule has 0 amide bonds. The van der Waals surface area contributed by atoms with E-state index in [-0.39, 0.29) is 16.6 Å². The van der Waals surface area contributed by atoms with E-state index < -0.39 is 0 Å². The average molecular weight is 303 g/mol. The van der Waals surface area contributed by atoms with E-state index in [0.29, 0.717) is 13.0 Å². The maximum atomic E-state index is 12.6. The molecule has 0 unspecified atom stereocenters. The number of nitrogens with zero attached hydrogens (tertiary/aromatic N) is 1. The first kappa shape index (κ1) is 17.0. The molecule has 122 valence electrons. The van der Waals surface area contributed by atoms with Crippen molar-refractivity contribution in [3.8, 4) is 5.75 Å². The maximum Gasteiger partial charge on any atom is 0.164 e. The molecule has 22 heavy (non-hydrogen) atoms. The molecule has 1 aliphatic rings. The Labute approximate surface area is 134 Å². The first-order chi connectivity index (χ1) is 10.0. The number of fused-ring (bicyclic) bond motifs is 1. The summed E-state index contributed by atoms with van der Waals surface area (Å²) >= 11 is 0. The van der Waals surface area contributed by atoms with E-state index in [1.54, 1.807) is 0 Å². The van der Waals surface area contributed by atoms with E-state index in [0.717, 1.165) is 23.4 Å². The molecule has 2 rings (SSSR count). The van der Waals surface area contributed by atoms with Gasteiger partial charge in [0.1, 0.15) is 5.75 Å². The SMILES string of the molecule is CN(C)CCC(=O)c1cc(C(C)(C)C)c2c(c1)C(C)(C)CO2. The van der Waals surface area contributed by atoms with Crippen molar-refractivity contribution in [1.82, 2.24) is 4.90 Å². The minimum Gasteiger partial charge on any atom is -0.492 e. The van der Waals surface area contributed by atoms with Crippen LogP contribution in [-0.2, 0) is 10.8 Å². The Bertz CT molecular complexity index is 580. The van der Waals surface area contributed by atoms with Gasteiger partial charge in [0.05, 0.1) is 6.61 Å². The highest BCUT2D eigenvalue weighted by atomic mass is 16.5. The molecular formula is C19H29NO2. The molecule has 1 aliphatic heterocycles. The van der Waals surface area contributed by atoms with Gasteiger partial charge in [0.25, 0.3) is 0 Å². The molecule has 0 saturated heterocycles. The molecule has 0 fully saturated rings. The van der Waals surface area contributed by atoms with Crippen LogP contribution in [0, 0.1) is 0 Å². The molecular weight excluding hydrogens is 274 g/mol. The van der Waals surface area contributed by atoms with Gasteiger partial charge in [0, 0.05) is 35.1 Å². The van der Waals surface area contributed by atoms with Gasteiger partial charge in [0.2, 0.25) is 0 Å². The van der Waals surface area contributed by atoms with Gasteiger partial charge in [-0.15, -0.1) is 0 Å². The second-order valence-electron chi connectivity index (χ2n) is 8.30. The van der Waals surface area contributed by atoms with Crippen LogP contribution < -0.4 is 4.74 Å². The van der Waals surface area contributed by atoms with Gasteiger partial charge >= 0.3 is 0 Å². The third-order valence-corrected chi connectivity index (χ3v) is 4.31. The van der Waals surface area contributed by atoms with Crippen LogP contribution in [0.2, 0.25) is 0 Å². The predicted molar refractivity (Wildman–Crippen MR) is 91.2 cm³/mol. The summed E-state index contributed by atoms with van der Waals surface area (Å²) in [5.41, 5.74) is 3.07. The van der Waals surface area contributed by atoms with Crippen molar-refractivity contribution in [2.45, 2.75) is 51.9 Å². The minimum atomic E-state index is -0.0393. The van der Waals surface area contributed by atoms with Crippen LogP contribution in [0.15, 0.2) is 12.1 Å². The third-order valence-electron chi connectivity index (χ3n) is 4.31. The van der Waals surface area contributed by atoms with Crippen molar-refractivity contribution in [2.75, 3.05) is 27.2 Å². The van der Waals surface area contributed by atoms with E-state index in [1.165, 1.54) is 5.56 Å². The highest BCUT2D eigenvalue weighted by Gasteiger charge is 2.36. The fourth-order valence-electron chi connectivity index (χ4n) is 2.80. The van der Waals surface area contributed by atoms with E-state index in [9.17, 15) is 4.79 Å². The van der Waals surface area contributed by atoms with Crippen molar-refractivity contribution >= 4 is 5.78 Å². The quantitative estimate of drug-likeness (QED) is 0.793. The summed E-state index contributed by atoms with van der Waals surface area (Å²) in [6, 6.07) is 4.09. The second-order valence-corrected chi connectivity index (χ2v) is 8.30. The Hall–Kier alpha value is -1.35. The Morgan fingerprint density at radius 3 is 2.45 bits per heavy atom. The zero-order chi connectivity index (χ0) is 16.7. The lowest BCUT2D eigenvalue weighted by Gasteiger charge is -2.24. The molecule has 0 atom stereocenters. The molecule has 0 N–H and O–H groups in total. The number of Topliss-reactive ketones (excluding diaryl/α,β-unsaturated/α-hetero) is 1. The zero-order valence-corrected chi connectivity index (χ0v) is 15.0. The lowest BCUT2D eigenvalue weighted by Crippen LogP contribution is -2.20. The fourth-order valence-corrected chi connectivity index (χ4v) is 2.80. The molecule has 0 bridgehead atoms. The Kier molecular flexibility index (Phi) is 4.40. The highest BCUT2D eigenvalue weighted by molar-refractivity contribution is 5.97. The van der Waals surface area contributed by atoms with Crippen LogP contribution in [-0.4, -0.2) is 37.9 Å². The number of benzene rings is 1. The van der Waals surface area contributed by atoms with Gasteiger partial charge < -0.3 is 9.64 Å². The van der Waals surface area contributed by atoms with E-state index in [4.69, 9.17) is 4.74 Å². The number of rotatable bonds is 4. The van der Waals surface area contributed by atoms with Gasteiger partial charge in [-0.2, -0.15) is 0 Å². The predicted octanol–water partition coefficient (Wildman–Crippen LogP) is 3.79. The first-order valence-electron chi connectivity index (χ1n) is 8.02. The van der Waals surface area contributed by atoms with Crippen molar-refractivity contribution in [1.29, 1.82) is 0 Å². The Morgan fingerprint density at radius 1 is 1.27 bits per heavy atom. The zero-order valence-electron chi connectivity index (χ0n) is 15.0. The van der Waals surface area contributed by atoms with Gasteiger partial charge in [-0.05, 0) is 31.6 Å². The molecule has 3 heteroatoms. The Morgan fingerprint density at radius 2 is 1.91 bits per heavy atom. The van der Waals surface area contributed by atoms with Gasteiger partial charge in [-0.25, -0.2) is 0 Å². The molecule has 1 aromatic rings. The van der Waals surface area contributed by atoms with Crippen LogP contribution in [0.5, 0.6) is 5.75 Å². The largest absolute Gasteiger partial charge is 0.492 e. The van der Waals surface area contributed by atoms with Crippen LogP contribution >= 0.6 is 0 Å². The van der Waals surface area contributed by atoms with E-state index in [1.807, 2.05) is 25.1 Å². The monoisotopic (exact) mass is 303 g/mol. The maximum absolute atomic E-state index is 12.6. The van der Waals surface area contributed by atoms with Crippen LogP contribution in [0.3, 0.4) is 0 Å². The summed E-state index contributed by atoms with van der Waals surface area (Å²) in [5, 5.41) is 0. The van der Waals surface area contributed by atoms with Crippen molar-refractivity contribution in [3.05, 3.63) is 28.8 Å². The molecule has 0 aliphatic carbocycles. The molecule has 0 saturated carbocycles. The lowest BCUT2D eigenvalue weighted by molar-refractivity contribution is 0.0972. The Balaban J connectivity index is 2.47.